The third-order valence-electron chi connectivity index (χ3n) is 11.2. The van der Waals surface area contributed by atoms with Crippen LogP contribution in [0.25, 0.3) is 22.4 Å². The van der Waals surface area contributed by atoms with Crippen LogP contribution in [0.5, 0.6) is 0 Å². The van der Waals surface area contributed by atoms with Gasteiger partial charge in [-0.1, -0.05) is 36.4 Å². The second-order valence-corrected chi connectivity index (χ2v) is 14.2. The molecule has 0 spiro atoms. The molecule has 52 heavy (non-hydrogen) atoms. The van der Waals surface area contributed by atoms with E-state index < -0.39 is 29.3 Å². The largest absolute Gasteiger partial charge is 0.453 e. The van der Waals surface area contributed by atoms with E-state index in [0.717, 1.165) is 53.9 Å². The number of hydrogen-bond donors (Lipinski definition) is 4. The third-order valence-corrected chi connectivity index (χ3v) is 11.2. The Labute approximate surface area is 302 Å². The van der Waals surface area contributed by atoms with Crippen molar-refractivity contribution in [3.05, 3.63) is 60.6 Å². The minimum absolute atomic E-state index is 0.0815. The molecule has 3 aromatic rings. The van der Waals surface area contributed by atoms with Crippen LogP contribution in [0.1, 0.15) is 76.1 Å². The number of aromatic nitrogens is 2. The van der Waals surface area contributed by atoms with E-state index in [1.165, 1.54) is 14.2 Å². The normalized spacial score (nSPS) is 21.3. The van der Waals surface area contributed by atoms with Crippen molar-refractivity contribution in [2.24, 2.45) is 0 Å². The molecule has 4 N–H and O–H groups in total. The molecule has 2 aliphatic carbocycles. The minimum atomic E-state index is -1.00. The predicted octanol–water partition coefficient (Wildman–Crippen LogP) is 4.89. The fourth-order valence-electron chi connectivity index (χ4n) is 7.93. The van der Waals surface area contributed by atoms with Gasteiger partial charge in [0.1, 0.15) is 22.9 Å². The smallest absolute Gasteiger partial charge is 0.407 e. The van der Waals surface area contributed by atoms with Crippen molar-refractivity contribution in [1.29, 1.82) is 0 Å². The number of anilines is 1. The molecular weight excluding hydrogens is 666 g/mol. The van der Waals surface area contributed by atoms with E-state index in [1.807, 2.05) is 53.4 Å². The number of nitrogens with one attached hydrogen (secondary N) is 4. The van der Waals surface area contributed by atoms with Crippen molar-refractivity contribution in [3.8, 4) is 22.4 Å². The molecule has 14 nitrogen and oxygen atoms in total. The van der Waals surface area contributed by atoms with E-state index in [-0.39, 0.29) is 23.8 Å². The molecule has 14 heteroatoms. The molecule has 5 amide bonds. The second-order valence-electron chi connectivity index (χ2n) is 14.2. The maximum atomic E-state index is 13.7. The zero-order chi connectivity index (χ0) is 36.5. The lowest BCUT2D eigenvalue weighted by Gasteiger charge is -2.43. The Bertz CT molecular complexity index is 1830. The number of amides is 5. The van der Waals surface area contributed by atoms with Crippen LogP contribution >= 0.6 is 0 Å². The van der Waals surface area contributed by atoms with Gasteiger partial charge in [-0.2, -0.15) is 0 Å². The number of carbonyl (C=O) groups is 5. The molecule has 2 atom stereocenters. The monoisotopic (exact) mass is 711 g/mol. The summed E-state index contributed by atoms with van der Waals surface area (Å²) in [4.78, 5) is 76.0. The number of alkyl carbamates (subject to hydrolysis) is 2. The first-order valence-corrected chi connectivity index (χ1v) is 18.1. The molecule has 1 aromatic heterocycles. The van der Waals surface area contributed by atoms with Crippen LogP contribution in [0.4, 0.5) is 15.3 Å². The van der Waals surface area contributed by atoms with Crippen LogP contribution < -0.4 is 16.0 Å². The van der Waals surface area contributed by atoms with Gasteiger partial charge in [-0.25, -0.2) is 14.6 Å². The van der Waals surface area contributed by atoms with Crippen LogP contribution in [-0.4, -0.2) is 94.1 Å². The second kappa shape index (κ2) is 14.3. The summed E-state index contributed by atoms with van der Waals surface area (Å²) >= 11 is 0. The molecule has 274 valence electrons. The minimum Gasteiger partial charge on any atom is -0.453 e. The Balaban J connectivity index is 0.971. The molecule has 0 bridgehead atoms. The van der Waals surface area contributed by atoms with Gasteiger partial charge in [0.25, 0.3) is 0 Å². The number of nitrogens with zero attached hydrogens (tertiary/aromatic N) is 3. The van der Waals surface area contributed by atoms with Gasteiger partial charge in [-0.05, 0) is 93.0 Å². The maximum absolute atomic E-state index is 13.7. The summed E-state index contributed by atoms with van der Waals surface area (Å²) < 4.78 is 9.53. The maximum Gasteiger partial charge on any atom is 0.407 e. The molecule has 2 aliphatic heterocycles. The number of ether oxygens (including phenoxy) is 2. The van der Waals surface area contributed by atoms with Crippen molar-refractivity contribution >= 4 is 35.6 Å². The van der Waals surface area contributed by atoms with Gasteiger partial charge in [-0.15, -0.1) is 0 Å². The van der Waals surface area contributed by atoms with Gasteiger partial charge in [0.2, 0.25) is 17.7 Å². The lowest BCUT2D eigenvalue weighted by molar-refractivity contribution is -0.145. The van der Waals surface area contributed by atoms with Crippen molar-refractivity contribution in [1.82, 2.24) is 30.4 Å². The number of carbonyl (C=O) groups excluding carboxylic acids is 5. The number of H-pyrrole nitrogens is 1. The van der Waals surface area contributed by atoms with Crippen LogP contribution in [0.3, 0.4) is 0 Å². The number of rotatable bonds is 9. The summed E-state index contributed by atoms with van der Waals surface area (Å²) in [6, 6.07) is 14.8. The number of likely N-dealkylation sites (tertiary alicyclic amines) is 2. The fraction of sp³-hybridized carbons (Fsp3) is 0.474. The van der Waals surface area contributed by atoms with Gasteiger partial charge in [0.05, 0.1) is 32.2 Å². The van der Waals surface area contributed by atoms with Crippen molar-refractivity contribution in [2.75, 3.05) is 32.6 Å². The SMILES string of the molecule is COC(=O)NC1(C(=O)N2CCC[C@H]2C(=O)Nc2ccc(-c3ccc(-c4cnc([C@@H]5CCCN5C(=O)C5(NC(=O)OC)CCC5)[nH]4)cc3)cc2)CCC1. The summed E-state index contributed by atoms with van der Waals surface area (Å²) in [5, 5.41) is 8.48. The third kappa shape index (κ3) is 6.57. The molecule has 3 heterocycles. The summed E-state index contributed by atoms with van der Waals surface area (Å²) in [6.45, 7) is 1.07. The Morgan fingerprint density at radius 3 is 1.79 bits per heavy atom. The Morgan fingerprint density at radius 1 is 0.712 bits per heavy atom. The zero-order valence-electron chi connectivity index (χ0n) is 29.5. The lowest BCUT2D eigenvalue weighted by Crippen LogP contribution is -2.64. The van der Waals surface area contributed by atoms with Crippen molar-refractivity contribution < 1.29 is 33.4 Å². The van der Waals surface area contributed by atoms with E-state index in [9.17, 15) is 24.0 Å². The van der Waals surface area contributed by atoms with Crippen LogP contribution in [-0.2, 0) is 23.9 Å². The number of benzene rings is 2. The van der Waals surface area contributed by atoms with Gasteiger partial charge >= 0.3 is 12.2 Å². The molecule has 4 aliphatic rings. The molecule has 2 saturated carbocycles. The van der Waals surface area contributed by atoms with Crippen molar-refractivity contribution in [2.45, 2.75) is 87.4 Å². The van der Waals surface area contributed by atoms with Gasteiger partial charge < -0.3 is 40.2 Å². The molecule has 0 unspecified atom stereocenters. The molecule has 4 fully saturated rings. The molecule has 2 aromatic carbocycles. The van der Waals surface area contributed by atoms with Crippen LogP contribution in [0.15, 0.2) is 54.7 Å². The van der Waals surface area contributed by atoms with Crippen LogP contribution in [0.2, 0.25) is 0 Å². The lowest BCUT2D eigenvalue weighted by atomic mass is 9.75. The summed E-state index contributed by atoms with van der Waals surface area (Å²) in [6.07, 6.45) is 7.40. The highest BCUT2D eigenvalue weighted by Crippen LogP contribution is 2.40. The fourth-order valence-corrected chi connectivity index (χ4v) is 7.93. The molecule has 0 radical (unpaired) electrons. The highest BCUT2D eigenvalue weighted by atomic mass is 16.5. The Kier molecular flexibility index (Phi) is 9.64. The van der Waals surface area contributed by atoms with E-state index in [4.69, 9.17) is 9.47 Å². The summed E-state index contributed by atoms with van der Waals surface area (Å²) in [5.41, 5.74) is 2.47. The van der Waals surface area contributed by atoms with Gasteiger partial charge in [0, 0.05) is 18.8 Å². The molecular formula is C38H45N7O7. The number of hydrogen-bond acceptors (Lipinski definition) is 8. The van der Waals surface area contributed by atoms with E-state index in [0.29, 0.717) is 57.3 Å². The number of methoxy groups -OCH3 is 2. The average molecular weight is 712 g/mol. The highest BCUT2D eigenvalue weighted by molar-refractivity contribution is 6.00. The zero-order valence-corrected chi connectivity index (χ0v) is 29.5. The van der Waals surface area contributed by atoms with Crippen LogP contribution in [0, 0.1) is 0 Å². The first kappa shape index (κ1) is 35.0. The Morgan fingerprint density at radius 2 is 1.23 bits per heavy atom. The average Bonchev–Trinajstić information content (AvgIpc) is 3.92. The quantitative estimate of drug-likeness (QED) is 0.243. The van der Waals surface area contributed by atoms with Crippen molar-refractivity contribution in [3.63, 3.8) is 0 Å². The van der Waals surface area contributed by atoms with Gasteiger partial charge in [0.15, 0.2) is 0 Å². The summed E-state index contributed by atoms with van der Waals surface area (Å²) in [7, 11) is 2.57. The Hall–Kier alpha value is -5.40. The number of aromatic amines is 1. The predicted molar refractivity (Wildman–Crippen MR) is 191 cm³/mol. The van der Waals surface area contributed by atoms with E-state index >= 15 is 0 Å². The van der Waals surface area contributed by atoms with E-state index in [1.54, 1.807) is 11.1 Å². The summed E-state index contributed by atoms with van der Waals surface area (Å²) in [5.74, 6) is 0.164. The number of imidazole rings is 1. The standard InChI is InChI=1S/C38H45N7O7/c1-51-35(49)42-37(17-5-18-37)33(47)44-21-3-7-29(44)31-39-23-28(41-31)26-11-9-24(10-12-26)25-13-15-27(16-14-25)40-32(46)30-8-4-22-45(30)34(48)38(19-6-20-38)43-36(50)52-2/h9-16,23,29-30H,3-8,17-22H2,1-2H3,(H,39,41)(H,40,46)(H,42,49)(H,43,50)/t29-,30-/m0/s1. The highest BCUT2D eigenvalue weighted by Gasteiger charge is 2.52. The molecule has 7 rings (SSSR count). The van der Waals surface area contributed by atoms with Gasteiger partial charge in [-0.3, -0.25) is 14.4 Å². The van der Waals surface area contributed by atoms with E-state index in [2.05, 4.69) is 25.9 Å². The first-order valence-electron chi connectivity index (χ1n) is 18.1. The topological polar surface area (TPSA) is 175 Å². The molecule has 2 saturated heterocycles. The first-order chi connectivity index (χ1) is 25.1.